The third kappa shape index (κ3) is 5.27. The number of benzene rings is 3. The molecule has 0 amide bonds. The van der Waals surface area contributed by atoms with Crippen LogP contribution in [0.2, 0.25) is 5.02 Å². The van der Waals surface area contributed by atoms with Crippen LogP contribution >= 0.6 is 11.6 Å². The Hall–Kier alpha value is -3.37. The molecule has 0 fully saturated rings. The number of nitrogens with zero attached hydrogens (tertiary/aromatic N) is 2. The van der Waals surface area contributed by atoms with Crippen molar-refractivity contribution in [3.8, 4) is 0 Å². The van der Waals surface area contributed by atoms with E-state index < -0.39 is 0 Å². The molecule has 4 rings (SSSR count). The van der Waals surface area contributed by atoms with Crippen molar-refractivity contribution in [1.82, 2.24) is 5.53 Å². The summed E-state index contributed by atoms with van der Waals surface area (Å²) in [6.07, 6.45) is 4.29. The average molecular weight is 444 g/mol. The predicted molar refractivity (Wildman–Crippen MR) is 132 cm³/mol. The van der Waals surface area contributed by atoms with Crippen molar-refractivity contribution in [3.05, 3.63) is 112 Å². The Morgan fingerprint density at radius 1 is 1.00 bits per heavy atom. The minimum Gasteiger partial charge on any atom is -0.303 e. The molecule has 0 spiro atoms. The number of anilines is 1. The molecule has 0 saturated heterocycles. The zero-order valence-electron chi connectivity index (χ0n) is 18.3. The number of allylic oxidation sites excluding steroid dienone is 2. The van der Waals surface area contributed by atoms with Crippen LogP contribution in [0, 0.1) is 13.8 Å². The van der Waals surface area contributed by atoms with Crippen molar-refractivity contribution in [2.24, 2.45) is 5.10 Å². The van der Waals surface area contributed by atoms with Gasteiger partial charge >= 0.3 is 0 Å². The van der Waals surface area contributed by atoms with E-state index in [-0.39, 0.29) is 5.92 Å². The van der Waals surface area contributed by atoms with Gasteiger partial charge in [-0.3, -0.25) is 0 Å². The molecule has 32 heavy (non-hydrogen) atoms. The molecule has 1 heterocycles. The maximum atomic E-state index is 11.9. The van der Waals surface area contributed by atoms with Gasteiger partial charge in [-0.1, -0.05) is 65.7 Å². The average Bonchev–Trinajstić information content (AvgIpc) is 2.79. The number of aryl methyl sites for hydroxylation is 2. The van der Waals surface area contributed by atoms with E-state index in [1.54, 1.807) is 0 Å². The highest BCUT2D eigenvalue weighted by Gasteiger charge is 2.21. The number of hydrogen-bond donors (Lipinski definition) is 1. The van der Waals surface area contributed by atoms with Gasteiger partial charge in [0.15, 0.2) is 0 Å². The molecular formula is C27H26ClN3O. The van der Waals surface area contributed by atoms with Gasteiger partial charge < -0.3 is 4.79 Å². The maximum absolute atomic E-state index is 11.9. The van der Waals surface area contributed by atoms with Crippen molar-refractivity contribution >= 4 is 29.3 Å². The zero-order chi connectivity index (χ0) is 22.5. The first kappa shape index (κ1) is 21.8. The number of carbonyl (C=O) groups excluding carboxylic acids is 1. The topological polar surface area (TPSA) is 44.7 Å². The van der Waals surface area contributed by atoms with Crippen molar-refractivity contribution in [3.63, 3.8) is 0 Å². The van der Waals surface area contributed by atoms with Crippen LogP contribution in [0.1, 0.15) is 34.6 Å². The standard InChI is InChI=1S/C27H26ClN3O/c1-19-9-11-21(12-10-19)14-27-17-25(16-23(18-32)22-6-4-7-24(28)15-22)29-30-31(27)26-8-3-5-20(2)13-26/h3-13,15,17-18,23,30H,14,16H2,1-2H3. The SMILES string of the molecule is Cc1ccc(CC2=CC(CC(C=O)c3cccc(Cl)c3)=NNN2c2cccc(C)c2)cc1. The van der Waals surface area contributed by atoms with Crippen LogP contribution in [0.25, 0.3) is 0 Å². The molecule has 1 N–H and O–H groups in total. The lowest BCUT2D eigenvalue weighted by Gasteiger charge is -2.30. The molecule has 5 heteroatoms. The van der Waals surface area contributed by atoms with Crippen LogP contribution in [0.5, 0.6) is 0 Å². The second-order valence-corrected chi connectivity index (χ2v) is 8.61. The molecule has 4 nitrogen and oxygen atoms in total. The molecule has 1 unspecified atom stereocenters. The van der Waals surface area contributed by atoms with Gasteiger partial charge in [-0.2, -0.15) is 5.10 Å². The lowest BCUT2D eigenvalue weighted by Crippen LogP contribution is -2.38. The number of carbonyl (C=O) groups is 1. The van der Waals surface area contributed by atoms with Crippen LogP contribution < -0.4 is 10.5 Å². The van der Waals surface area contributed by atoms with Crippen LogP contribution in [0.15, 0.2) is 89.7 Å². The van der Waals surface area contributed by atoms with Gasteiger partial charge in [0.05, 0.1) is 11.4 Å². The Labute approximate surface area is 194 Å². The third-order valence-electron chi connectivity index (χ3n) is 5.55. The summed E-state index contributed by atoms with van der Waals surface area (Å²) < 4.78 is 0. The summed E-state index contributed by atoms with van der Waals surface area (Å²) in [7, 11) is 0. The van der Waals surface area contributed by atoms with Gasteiger partial charge in [0.2, 0.25) is 0 Å². The fraction of sp³-hybridized carbons (Fsp3) is 0.185. The number of halogens is 1. The highest BCUT2D eigenvalue weighted by Crippen LogP contribution is 2.27. The lowest BCUT2D eigenvalue weighted by molar-refractivity contribution is -0.108. The second-order valence-electron chi connectivity index (χ2n) is 8.18. The predicted octanol–water partition coefficient (Wildman–Crippen LogP) is 6.14. The van der Waals surface area contributed by atoms with E-state index in [4.69, 9.17) is 11.6 Å². The molecule has 3 aromatic carbocycles. The van der Waals surface area contributed by atoms with Crippen LogP contribution in [0.3, 0.4) is 0 Å². The third-order valence-corrected chi connectivity index (χ3v) is 5.78. The van der Waals surface area contributed by atoms with Crippen molar-refractivity contribution in [2.75, 3.05) is 5.01 Å². The molecule has 0 bridgehead atoms. The number of aldehydes is 1. The fourth-order valence-electron chi connectivity index (χ4n) is 3.82. The molecule has 0 aromatic heterocycles. The molecule has 1 aliphatic rings. The van der Waals surface area contributed by atoms with Gasteiger partial charge in [0, 0.05) is 29.5 Å². The molecule has 1 aliphatic heterocycles. The number of hydrazone groups is 1. The van der Waals surface area contributed by atoms with Crippen molar-refractivity contribution < 1.29 is 4.79 Å². The Balaban J connectivity index is 1.63. The number of hydrazine groups is 1. The Morgan fingerprint density at radius 3 is 2.50 bits per heavy atom. The van der Waals surface area contributed by atoms with Crippen LogP contribution in [0.4, 0.5) is 5.69 Å². The van der Waals surface area contributed by atoms with Gasteiger partial charge in [0.25, 0.3) is 0 Å². The smallest absolute Gasteiger partial charge is 0.127 e. The highest BCUT2D eigenvalue weighted by atomic mass is 35.5. The summed E-state index contributed by atoms with van der Waals surface area (Å²) in [5, 5.41) is 7.21. The lowest BCUT2D eigenvalue weighted by atomic mass is 9.94. The van der Waals surface area contributed by atoms with E-state index in [2.05, 4.69) is 73.0 Å². The van der Waals surface area contributed by atoms with Crippen molar-refractivity contribution in [2.45, 2.75) is 32.6 Å². The van der Waals surface area contributed by atoms with Crippen LogP contribution in [-0.4, -0.2) is 12.0 Å². The Morgan fingerprint density at radius 2 is 1.78 bits per heavy atom. The van der Waals surface area contributed by atoms with E-state index in [0.717, 1.165) is 35.4 Å². The Bertz CT molecular complexity index is 1170. The van der Waals surface area contributed by atoms with E-state index in [9.17, 15) is 4.79 Å². The van der Waals surface area contributed by atoms with Crippen LogP contribution in [-0.2, 0) is 11.2 Å². The first-order valence-electron chi connectivity index (χ1n) is 10.7. The molecule has 0 aliphatic carbocycles. The minimum absolute atomic E-state index is 0.309. The molecule has 162 valence electrons. The van der Waals surface area contributed by atoms with Gasteiger partial charge in [-0.25, -0.2) is 10.5 Å². The summed E-state index contributed by atoms with van der Waals surface area (Å²) >= 11 is 6.14. The normalized spacial score (nSPS) is 14.3. The summed E-state index contributed by atoms with van der Waals surface area (Å²) in [5.41, 5.74) is 10.6. The summed E-state index contributed by atoms with van der Waals surface area (Å²) in [5.74, 6) is -0.309. The van der Waals surface area contributed by atoms with E-state index in [1.807, 2.05) is 35.3 Å². The molecule has 1 atom stereocenters. The monoisotopic (exact) mass is 443 g/mol. The van der Waals surface area contributed by atoms with Gasteiger partial charge in [-0.15, -0.1) is 0 Å². The molecule has 0 saturated carbocycles. The Kier molecular flexibility index (Phi) is 6.72. The second kappa shape index (κ2) is 9.84. The molecule has 0 radical (unpaired) electrons. The number of hydrogen-bond acceptors (Lipinski definition) is 4. The zero-order valence-corrected chi connectivity index (χ0v) is 19.0. The summed E-state index contributed by atoms with van der Waals surface area (Å²) in [6, 6.07) is 24.3. The maximum Gasteiger partial charge on any atom is 0.127 e. The minimum atomic E-state index is -0.309. The number of rotatable bonds is 7. The highest BCUT2D eigenvalue weighted by molar-refractivity contribution is 6.30. The van der Waals surface area contributed by atoms with Gasteiger partial charge in [-0.05, 0) is 60.9 Å². The summed E-state index contributed by atoms with van der Waals surface area (Å²) in [4.78, 5) is 11.9. The molecule has 3 aromatic rings. The fourth-order valence-corrected chi connectivity index (χ4v) is 4.01. The van der Waals surface area contributed by atoms with E-state index >= 15 is 0 Å². The summed E-state index contributed by atoms with van der Waals surface area (Å²) in [6.45, 7) is 4.16. The quantitative estimate of drug-likeness (QED) is 0.446. The first-order chi connectivity index (χ1) is 15.5. The molecular weight excluding hydrogens is 418 g/mol. The van der Waals surface area contributed by atoms with Crippen molar-refractivity contribution in [1.29, 1.82) is 0 Å². The van der Waals surface area contributed by atoms with Gasteiger partial charge in [0.1, 0.15) is 6.29 Å². The van der Waals surface area contributed by atoms with E-state index in [0.29, 0.717) is 11.4 Å². The largest absolute Gasteiger partial charge is 0.303 e. The first-order valence-corrected chi connectivity index (χ1v) is 11.1. The van der Waals surface area contributed by atoms with E-state index in [1.165, 1.54) is 16.7 Å². The number of nitrogens with one attached hydrogen (secondary N) is 1.